The monoisotopic (exact) mass is 578 g/mol. The van der Waals surface area contributed by atoms with E-state index in [1.165, 1.54) is 0 Å². The molecule has 0 aliphatic heterocycles. The van der Waals surface area contributed by atoms with Gasteiger partial charge in [-0.3, -0.25) is 14.0 Å². The highest BCUT2D eigenvalue weighted by molar-refractivity contribution is 6.10. The zero-order chi connectivity index (χ0) is 29.7. The number of hydrogen-bond donors (Lipinski definition) is 0. The van der Waals surface area contributed by atoms with Gasteiger partial charge in [-0.2, -0.15) is 15.0 Å². The number of para-hydroxylation sites is 6. The van der Waals surface area contributed by atoms with Crippen LogP contribution in [0.25, 0.3) is 55.5 Å². The Kier molecular flexibility index (Phi) is 5.71. The first-order valence-electron chi connectivity index (χ1n) is 15.0. The van der Waals surface area contributed by atoms with Crippen molar-refractivity contribution in [3.05, 3.63) is 158 Å². The fourth-order valence-electron chi connectivity index (χ4n) is 6.45. The minimum atomic E-state index is 0.524. The van der Waals surface area contributed by atoms with Crippen molar-refractivity contribution in [1.82, 2.24) is 24.1 Å². The molecule has 0 radical (unpaired) electrons. The lowest BCUT2D eigenvalue weighted by Gasteiger charge is -2.24. The van der Waals surface area contributed by atoms with Gasteiger partial charge in [-0.15, -0.1) is 0 Å². The number of anilines is 3. The predicted molar refractivity (Wildman–Crippen MR) is 183 cm³/mol. The molecule has 0 saturated carbocycles. The van der Waals surface area contributed by atoms with Crippen LogP contribution >= 0.6 is 0 Å². The SMILES string of the molecule is c1ccc(N(c2ccccc2)c2nc(-n3c4ccccc4c4ccccc43)nc(-n3c4ccccc4c4ccccc43)n2)cc1. The first-order chi connectivity index (χ1) is 22.3. The second kappa shape index (κ2) is 10.2. The first-order valence-corrected chi connectivity index (χ1v) is 15.0. The lowest BCUT2D eigenvalue weighted by atomic mass is 10.2. The highest BCUT2D eigenvalue weighted by Gasteiger charge is 2.23. The Morgan fingerprint density at radius 2 is 0.644 bits per heavy atom. The van der Waals surface area contributed by atoms with Crippen LogP contribution in [0.3, 0.4) is 0 Å². The van der Waals surface area contributed by atoms with Gasteiger partial charge in [-0.25, -0.2) is 0 Å². The van der Waals surface area contributed by atoms with Crippen LogP contribution in [-0.4, -0.2) is 24.1 Å². The fourth-order valence-corrected chi connectivity index (χ4v) is 6.45. The van der Waals surface area contributed by atoms with Gasteiger partial charge in [0, 0.05) is 32.9 Å². The molecule has 45 heavy (non-hydrogen) atoms. The topological polar surface area (TPSA) is 51.8 Å². The molecule has 212 valence electrons. The van der Waals surface area contributed by atoms with Gasteiger partial charge in [0.05, 0.1) is 22.1 Å². The molecular formula is C39H26N6. The molecule has 0 fully saturated rings. The molecule has 6 nitrogen and oxygen atoms in total. The first kappa shape index (κ1) is 25.2. The lowest BCUT2D eigenvalue weighted by molar-refractivity contribution is 0.878. The van der Waals surface area contributed by atoms with Gasteiger partial charge in [0.25, 0.3) is 0 Å². The maximum absolute atomic E-state index is 5.27. The molecule has 0 atom stereocenters. The van der Waals surface area contributed by atoms with E-state index < -0.39 is 0 Å². The summed E-state index contributed by atoms with van der Waals surface area (Å²) in [5.41, 5.74) is 6.06. The standard InChI is InChI=1S/C39H26N6/c1-3-15-27(16-4-1)43(28-17-5-2-6-18-28)37-40-38(44-33-23-11-7-19-29(33)30-20-8-12-24-34(30)44)42-39(41-37)45-35-25-13-9-21-31(35)32-22-10-14-26-36(32)45/h1-26H. The van der Waals surface area contributed by atoms with Gasteiger partial charge in [0.1, 0.15) is 0 Å². The Balaban J connectivity index is 1.42. The summed E-state index contributed by atoms with van der Waals surface area (Å²) in [6, 6.07) is 54.2. The molecule has 0 unspecified atom stereocenters. The van der Waals surface area contributed by atoms with Gasteiger partial charge in [-0.1, -0.05) is 109 Å². The van der Waals surface area contributed by atoms with Gasteiger partial charge >= 0.3 is 0 Å². The quantitative estimate of drug-likeness (QED) is 0.204. The van der Waals surface area contributed by atoms with E-state index in [1.54, 1.807) is 0 Å². The molecule has 0 N–H and O–H groups in total. The Morgan fingerprint density at radius 3 is 1.00 bits per heavy atom. The molecule has 0 saturated heterocycles. The smallest absolute Gasteiger partial charge is 0.241 e. The van der Waals surface area contributed by atoms with Crippen molar-refractivity contribution in [3.63, 3.8) is 0 Å². The number of benzene rings is 6. The number of rotatable bonds is 5. The molecule has 0 aliphatic rings. The molecule has 6 heteroatoms. The second-order valence-electron chi connectivity index (χ2n) is 11.0. The summed E-state index contributed by atoms with van der Waals surface area (Å²) in [7, 11) is 0. The Hall–Kier alpha value is -6.27. The van der Waals surface area contributed by atoms with E-state index in [0.29, 0.717) is 17.8 Å². The van der Waals surface area contributed by atoms with Crippen molar-refractivity contribution in [2.24, 2.45) is 0 Å². The van der Waals surface area contributed by atoms with Crippen molar-refractivity contribution >= 4 is 60.9 Å². The van der Waals surface area contributed by atoms with E-state index in [4.69, 9.17) is 15.0 Å². The summed E-state index contributed by atoms with van der Waals surface area (Å²) >= 11 is 0. The average molecular weight is 579 g/mol. The van der Waals surface area contributed by atoms with Crippen LogP contribution in [0.15, 0.2) is 158 Å². The second-order valence-corrected chi connectivity index (χ2v) is 11.0. The summed E-state index contributed by atoms with van der Waals surface area (Å²) in [5, 5.41) is 4.60. The number of fused-ring (bicyclic) bond motifs is 6. The van der Waals surface area contributed by atoms with E-state index in [1.807, 2.05) is 36.4 Å². The number of hydrogen-bond acceptors (Lipinski definition) is 4. The molecule has 3 heterocycles. The minimum absolute atomic E-state index is 0.524. The van der Waals surface area contributed by atoms with Crippen molar-refractivity contribution in [1.29, 1.82) is 0 Å². The summed E-state index contributed by atoms with van der Waals surface area (Å²) in [4.78, 5) is 17.9. The van der Waals surface area contributed by atoms with Crippen LogP contribution in [0, 0.1) is 0 Å². The Bertz CT molecular complexity index is 2220. The summed E-state index contributed by atoms with van der Waals surface area (Å²) < 4.78 is 4.31. The molecule has 3 aromatic heterocycles. The van der Waals surface area contributed by atoms with Crippen LogP contribution in [0.1, 0.15) is 0 Å². The molecule has 9 rings (SSSR count). The van der Waals surface area contributed by atoms with Gasteiger partial charge in [0.2, 0.25) is 17.8 Å². The van der Waals surface area contributed by atoms with Crippen LogP contribution < -0.4 is 4.90 Å². The third-order valence-electron chi connectivity index (χ3n) is 8.39. The highest BCUT2D eigenvalue weighted by atomic mass is 15.4. The molecule has 9 aromatic rings. The fraction of sp³-hybridized carbons (Fsp3) is 0. The largest absolute Gasteiger partial charge is 0.279 e. The predicted octanol–water partition coefficient (Wildman–Crippen LogP) is 9.54. The Labute approximate surface area is 259 Å². The zero-order valence-electron chi connectivity index (χ0n) is 24.2. The van der Waals surface area contributed by atoms with E-state index in [0.717, 1.165) is 55.0 Å². The van der Waals surface area contributed by atoms with Gasteiger partial charge in [-0.05, 0) is 48.5 Å². The normalized spacial score (nSPS) is 11.6. The van der Waals surface area contributed by atoms with E-state index in [2.05, 4.69) is 135 Å². The van der Waals surface area contributed by atoms with Crippen molar-refractivity contribution in [2.45, 2.75) is 0 Å². The number of nitrogens with zero attached hydrogens (tertiary/aromatic N) is 6. The van der Waals surface area contributed by atoms with Crippen molar-refractivity contribution in [2.75, 3.05) is 4.90 Å². The Morgan fingerprint density at radius 1 is 0.333 bits per heavy atom. The van der Waals surface area contributed by atoms with Crippen LogP contribution in [0.4, 0.5) is 17.3 Å². The lowest BCUT2D eigenvalue weighted by Crippen LogP contribution is -2.18. The molecule has 0 bridgehead atoms. The maximum atomic E-state index is 5.27. The van der Waals surface area contributed by atoms with Gasteiger partial charge < -0.3 is 0 Å². The number of aromatic nitrogens is 5. The third-order valence-corrected chi connectivity index (χ3v) is 8.39. The summed E-state index contributed by atoms with van der Waals surface area (Å²) in [5.74, 6) is 1.62. The molecule has 6 aromatic carbocycles. The third kappa shape index (κ3) is 4.00. The highest BCUT2D eigenvalue weighted by Crippen LogP contribution is 2.37. The zero-order valence-corrected chi connectivity index (χ0v) is 24.2. The molecular weight excluding hydrogens is 552 g/mol. The average Bonchev–Trinajstić information content (AvgIpc) is 3.63. The van der Waals surface area contributed by atoms with E-state index >= 15 is 0 Å². The van der Waals surface area contributed by atoms with Crippen LogP contribution in [0.2, 0.25) is 0 Å². The van der Waals surface area contributed by atoms with Gasteiger partial charge in [0.15, 0.2) is 0 Å². The summed E-state index contributed by atoms with van der Waals surface area (Å²) in [6.07, 6.45) is 0. The van der Waals surface area contributed by atoms with Crippen LogP contribution in [-0.2, 0) is 0 Å². The van der Waals surface area contributed by atoms with Crippen molar-refractivity contribution in [3.8, 4) is 11.9 Å². The summed E-state index contributed by atoms with van der Waals surface area (Å²) in [6.45, 7) is 0. The molecule has 0 spiro atoms. The van der Waals surface area contributed by atoms with E-state index in [-0.39, 0.29) is 0 Å². The van der Waals surface area contributed by atoms with Crippen LogP contribution in [0.5, 0.6) is 0 Å². The van der Waals surface area contributed by atoms with Crippen molar-refractivity contribution < 1.29 is 0 Å². The maximum Gasteiger partial charge on any atom is 0.241 e. The minimum Gasteiger partial charge on any atom is -0.279 e. The molecule has 0 amide bonds. The van der Waals surface area contributed by atoms with E-state index in [9.17, 15) is 0 Å². The molecule has 0 aliphatic carbocycles.